The molecule has 0 spiro atoms. The van der Waals surface area contributed by atoms with Crippen LogP contribution in [0.5, 0.6) is 0 Å². The van der Waals surface area contributed by atoms with Gasteiger partial charge in [0.15, 0.2) is 0 Å². The summed E-state index contributed by atoms with van der Waals surface area (Å²) in [5, 5.41) is 14.9. The summed E-state index contributed by atoms with van der Waals surface area (Å²) >= 11 is 1.21. The standard InChI is InChI=1S/C18H16N2O3S/c21-16(22)11-15-18(23)20(12-13-7-3-1-4-8-13)19-17(24-15)14-9-5-2-6-10-14/h1-10,15H,11-12H2,(H,21,22). The monoisotopic (exact) mass is 340 g/mol. The summed E-state index contributed by atoms with van der Waals surface area (Å²) in [5.74, 6) is -1.26. The first kappa shape index (κ1) is 16.3. The summed E-state index contributed by atoms with van der Waals surface area (Å²) in [7, 11) is 0. The molecular formula is C18H16N2O3S. The zero-order valence-corrected chi connectivity index (χ0v) is 13.6. The number of hydrazone groups is 1. The SMILES string of the molecule is O=C(O)CC1SC(c2ccccc2)=NN(Cc2ccccc2)C1=O. The highest BCUT2D eigenvalue weighted by Crippen LogP contribution is 2.29. The van der Waals surface area contributed by atoms with Crippen molar-refractivity contribution >= 4 is 28.7 Å². The van der Waals surface area contributed by atoms with Gasteiger partial charge in [-0.15, -0.1) is 0 Å². The third-order valence-electron chi connectivity index (χ3n) is 3.55. The topological polar surface area (TPSA) is 70.0 Å². The minimum absolute atomic E-state index is 0.222. The lowest BCUT2D eigenvalue weighted by Gasteiger charge is -2.28. The molecule has 2 aromatic carbocycles. The number of nitrogens with zero attached hydrogens (tertiary/aromatic N) is 2. The zero-order valence-electron chi connectivity index (χ0n) is 12.8. The lowest BCUT2D eigenvalue weighted by molar-refractivity contribution is -0.140. The second-order valence-corrected chi connectivity index (χ2v) is 6.55. The summed E-state index contributed by atoms with van der Waals surface area (Å²) in [4.78, 5) is 23.7. The van der Waals surface area contributed by atoms with Gasteiger partial charge in [0, 0.05) is 5.56 Å². The van der Waals surface area contributed by atoms with Gasteiger partial charge in [-0.05, 0) is 5.56 Å². The van der Waals surface area contributed by atoms with Crippen molar-refractivity contribution in [3.05, 3.63) is 71.8 Å². The van der Waals surface area contributed by atoms with Crippen LogP contribution in [0.4, 0.5) is 0 Å². The van der Waals surface area contributed by atoms with Crippen LogP contribution in [0.15, 0.2) is 65.8 Å². The molecule has 1 aliphatic rings. The highest BCUT2D eigenvalue weighted by atomic mass is 32.2. The molecule has 6 heteroatoms. The second-order valence-electron chi connectivity index (χ2n) is 5.36. The number of carboxylic acid groups (broad SMARTS) is 1. The molecule has 0 aliphatic carbocycles. The number of hydrogen-bond donors (Lipinski definition) is 1. The van der Waals surface area contributed by atoms with E-state index in [4.69, 9.17) is 5.11 Å². The molecule has 5 nitrogen and oxygen atoms in total. The number of aliphatic carboxylic acids is 1. The van der Waals surface area contributed by atoms with Gasteiger partial charge in [-0.1, -0.05) is 72.4 Å². The van der Waals surface area contributed by atoms with Crippen molar-refractivity contribution < 1.29 is 14.7 Å². The van der Waals surface area contributed by atoms with Crippen LogP contribution in [0, 0.1) is 0 Å². The summed E-state index contributed by atoms with van der Waals surface area (Å²) in [6.45, 7) is 0.326. The highest BCUT2D eigenvalue weighted by molar-refractivity contribution is 8.15. The first-order chi connectivity index (χ1) is 11.6. The van der Waals surface area contributed by atoms with Crippen molar-refractivity contribution in [2.45, 2.75) is 18.2 Å². The van der Waals surface area contributed by atoms with E-state index < -0.39 is 11.2 Å². The van der Waals surface area contributed by atoms with Crippen molar-refractivity contribution in [2.75, 3.05) is 0 Å². The van der Waals surface area contributed by atoms with E-state index in [1.54, 1.807) is 0 Å². The van der Waals surface area contributed by atoms with Crippen LogP contribution in [0.3, 0.4) is 0 Å². The molecule has 0 fully saturated rings. The van der Waals surface area contributed by atoms with Crippen molar-refractivity contribution in [3.63, 3.8) is 0 Å². The molecule has 2 aromatic rings. The Balaban J connectivity index is 1.91. The quantitative estimate of drug-likeness (QED) is 0.908. The molecule has 0 bridgehead atoms. The van der Waals surface area contributed by atoms with Crippen LogP contribution in [-0.4, -0.2) is 32.3 Å². The average molecular weight is 340 g/mol. The van der Waals surface area contributed by atoms with Gasteiger partial charge in [0.05, 0.1) is 13.0 Å². The third kappa shape index (κ3) is 3.83. The molecule has 1 unspecified atom stereocenters. The van der Waals surface area contributed by atoms with E-state index in [1.165, 1.54) is 16.8 Å². The van der Waals surface area contributed by atoms with Gasteiger partial charge in [0.2, 0.25) is 0 Å². The van der Waals surface area contributed by atoms with Crippen LogP contribution in [0.2, 0.25) is 0 Å². The van der Waals surface area contributed by atoms with Crippen LogP contribution >= 0.6 is 11.8 Å². The molecule has 1 N–H and O–H groups in total. The molecule has 0 saturated heterocycles. The highest BCUT2D eigenvalue weighted by Gasteiger charge is 2.33. The predicted molar refractivity (Wildman–Crippen MR) is 93.6 cm³/mol. The van der Waals surface area contributed by atoms with E-state index in [9.17, 15) is 9.59 Å². The van der Waals surface area contributed by atoms with Crippen LogP contribution < -0.4 is 0 Å². The Labute approximate surface area is 144 Å². The third-order valence-corrected chi connectivity index (χ3v) is 4.74. The number of benzene rings is 2. The number of carboxylic acids is 1. The second kappa shape index (κ2) is 7.31. The van der Waals surface area contributed by atoms with Gasteiger partial charge < -0.3 is 5.11 Å². The van der Waals surface area contributed by atoms with Gasteiger partial charge in [-0.2, -0.15) is 5.10 Å². The summed E-state index contributed by atoms with van der Waals surface area (Å²) in [6, 6.07) is 19.0. The van der Waals surface area contributed by atoms with E-state index >= 15 is 0 Å². The minimum atomic E-state index is -0.991. The van der Waals surface area contributed by atoms with Crippen molar-refractivity contribution in [1.82, 2.24) is 5.01 Å². The van der Waals surface area contributed by atoms with E-state index in [1.807, 2.05) is 60.7 Å². The summed E-state index contributed by atoms with van der Waals surface area (Å²) in [6.07, 6.45) is -0.222. The lowest BCUT2D eigenvalue weighted by Crippen LogP contribution is -2.39. The Morgan fingerprint density at radius 3 is 2.33 bits per heavy atom. The molecule has 1 amide bonds. The number of carbonyl (C=O) groups is 2. The zero-order chi connectivity index (χ0) is 16.9. The first-order valence-corrected chi connectivity index (χ1v) is 8.39. The van der Waals surface area contributed by atoms with Gasteiger partial charge >= 0.3 is 5.97 Å². The molecular weight excluding hydrogens is 324 g/mol. The van der Waals surface area contributed by atoms with Gasteiger partial charge in [0.1, 0.15) is 10.3 Å². The maximum atomic E-state index is 12.6. The van der Waals surface area contributed by atoms with Crippen molar-refractivity contribution in [3.8, 4) is 0 Å². The first-order valence-electron chi connectivity index (χ1n) is 7.51. The molecule has 1 aliphatic heterocycles. The van der Waals surface area contributed by atoms with E-state index in [0.717, 1.165) is 11.1 Å². The Hall–Kier alpha value is -2.60. The number of hydrogen-bond acceptors (Lipinski definition) is 4. The van der Waals surface area contributed by atoms with Gasteiger partial charge in [0.25, 0.3) is 5.91 Å². The van der Waals surface area contributed by atoms with E-state index in [0.29, 0.717) is 11.6 Å². The van der Waals surface area contributed by atoms with Crippen molar-refractivity contribution in [1.29, 1.82) is 0 Å². The summed E-state index contributed by atoms with van der Waals surface area (Å²) in [5.41, 5.74) is 1.83. The van der Waals surface area contributed by atoms with Crippen LogP contribution in [-0.2, 0) is 16.1 Å². The Morgan fingerprint density at radius 2 is 1.71 bits per heavy atom. The van der Waals surface area contributed by atoms with Crippen LogP contribution in [0.1, 0.15) is 17.5 Å². The van der Waals surface area contributed by atoms with Crippen LogP contribution in [0.25, 0.3) is 0 Å². The number of amides is 1. The Bertz CT molecular complexity index is 762. The smallest absolute Gasteiger partial charge is 0.305 e. The predicted octanol–water partition coefficient (Wildman–Crippen LogP) is 2.97. The molecule has 122 valence electrons. The average Bonchev–Trinajstić information content (AvgIpc) is 2.59. The molecule has 1 heterocycles. The summed E-state index contributed by atoms with van der Waals surface area (Å²) < 4.78 is 0. The lowest BCUT2D eigenvalue weighted by atomic mass is 10.2. The number of thioether (sulfide) groups is 1. The molecule has 1 atom stereocenters. The molecule has 0 radical (unpaired) electrons. The van der Waals surface area contributed by atoms with Gasteiger partial charge in [-0.25, -0.2) is 5.01 Å². The molecule has 24 heavy (non-hydrogen) atoms. The maximum Gasteiger partial charge on any atom is 0.305 e. The normalized spacial score (nSPS) is 17.5. The number of rotatable bonds is 5. The van der Waals surface area contributed by atoms with E-state index in [2.05, 4.69) is 5.10 Å². The van der Waals surface area contributed by atoms with Crippen molar-refractivity contribution in [2.24, 2.45) is 5.10 Å². The maximum absolute atomic E-state index is 12.6. The number of carbonyl (C=O) groups excluding carboxylic acids is 1. The Kier molecular flexibility index (Phi) is 4.96. The largest absolute Gasteiger partial charge is 0.481 e. The fourth-order valence-corrected chi connectivity index (χ4v) is 3.53. The minimum Gasteiger partial charge on any atom is -0.481 e. The van der Waals surface area contributed by atoms with Gasteiger partial charge in [-0.3, -0.25) is 9.59 Å². The molecule has 0 aromatic heterocycles. The molecule has 0 saturated carbocycles. The van der Waals surface area contributed by atoms with E-state index in [-0.39, 0.29) is 12.3 Å². The Morgan fingerprint density at radius 1 is 1.08 bits per heavy atom. The fraction of sp³-hybridized carbons (Fsp3) is 0.167. The fourth-order valence-electron chi connectivity index (χ4n) is 2.40. The molecule has 3 rings (SSSR count).